The van der Waals surface area contributed by atoms with Crippen molar-refractivity contribution >= 4 is 5.97 Å². The average Bonchev–Trinajstić information content (AvgIpc) is 2.25. The van der Waals surface area contributed by atoms with Gasteiger partial charge in [0.2, 0.25) is 0 Å². The molecule has 0 aliphatic heterocycles. The van der Waals surface area contributed by atoms with Crippen molar-refractivity contribution in [2.24, 2.45) is 11.8 Å². The first-order valence-electron chi connectivity index (χ1n) is 6.59. The molecule has 0 aliphatic carbocycles. The van der Waals surface area contributed by atoms with Crippen LogP contribution < -0.4 is 0 Å². The van der Waals surface area contributed by atoms with Crippen LogP contribution in [0.2, 0.25) is 0 Å². The topological polar surface area (TPSA) is 26.3 Å². The largest absolute Gasteiger partial charge is 0.459 e. The second-order valence-electron chi connectivity index (χ2n) is 5.36. The number of carbonyl (C=O) groups is 1. The van der Waals surface area contributed by atoms with Gasteiger partial charge >= 0.3 is 5.97 Å². The Morgan fingerprint density at radius 1 is 1.25 bits per heavy atom. The molecule has 0 fully saturated rings. The van der Waals surface area contributed by atoms with E-state index in [9.17, 15) is 4.79 Å². The molecule has 0 radical (unpaired) electrons. The Morgan fingerprint density at radius 3 is 2.19 bits per heavy atom. The molecule has 2 unspecified atom stereocenters. The van der Waals surface area contributed by atoms with Crippen LogP contribution in [0.5, 0.6) is 0 Å². The molecule has 0 spiro atoms. The highest BCUT2D eigenvalue weighted by Crippen LogP contribution is 2.25. The van der Waals surface area contributed by atoms with E-state index in [4.69, 9.17) is 4.74 Å². The summed E-state index contributed by atoms with van der Waals surface area (Å²) in [4.78, 5) is 11.9. The SMILES string of the molecule is CCCCC(C)(CC)OC(=O)C(C)C(C)C. The zero-order valence-electron chi connectivity index (χ0n) is 11.8. The second-order valence-corrected chi connectivity index (χ2v) is 5.36. The van der Waals surface area contributed by atoms with Crippen molar-refractivity contribution in [3.63, 3.8) is 0 Å². The van der Waals surface area contributed by atoms with Gasteiger partial charge in [0.1, 0.15) is 5.60 Å². The molecule has 0 aromatic carbocycles. The summed E-state index contributed by atoms with van der Waals surface area (Å²) in [5.74, 6) is 0.294. The molecule has 0 amide bonds. The molecule has 16 heavy (non-hydrogen) atoms. The van der Waals surface area contributed by atoms with E-state index in [1.807, 2.05) is 13.8 Å². The van der Waals surface area contributed by atoms with Crippen molar-refractivity contribution in [1.29, 1.82) is 0 Å². The summed E-state index contributed by atoms with van der Waals surface area (Å²) in [6.07, 6.45) is 4.13. The van der Waals surface area contributed by atoms with Crippen LogP contribution in [-0.4, -0.2) is 11.6 Å². The molecule has 0 aliphatic rings. The van der Waals surface area contributed by atoms with E-state index in [-0.39, 0.29) is 17.5 Å². The van der Waals surface area contributed by atoms with E-state index in [0.29, 0.717) is 5.92 Å². The van der Waals surface area contributed by atoms with E-state index in [0.717, 1.165) is 25.7 Å². The van der Waals surface area contributed by atoms with Crippen LogP contribution in [0.1, 0.15) is 67.2 Å². The number of hydrogen-bond acceptors (Lipinski definition) is 2. The Kier molecular flexibility index (Phi) is 6.70. The van der Waals surface area contributed by atoms with E-state index in [2.05, 4.69) is 27.7 Å². The molecule has 0 saturated heterocycles. The minimum atomic E-state index is -0.268. The zero-order valence-corrected chi connectivity index (χ0v) is 11.8. The zero-order chi connectivity index (χ0) is 12.8. The van der Waals surface area contributed by atoms with Gasteiger partial charge in [-0.1, -0.05) is 41.0 Å². The standard InChI is InChI=1S/C14H28O2/c1-7-9-10-14(6,8-2)16-13(15)12(5)11(3)4/h11-12H,7-10H2,1-6H3. The fourth-order valence-corrected chi connectivity index (χ4v) is 1.46. The fourth-order valence-electron chi connectivity index (χ4n) is 1.46. The van der Waals surface area contributed by atoms with Gasteiger partial charge in [-0.2, -0.15) is 0 Å². The summed E-state index contributed by atoms with van der Waals surface area (Å²) in [6, 6.07) is 0. The Morgan fingerprint density at radius 2 is 1.81 bits per heavy atom. The Labute approximate surface area is 101 Å². The lowest BCUT2D eigenvalue weighted by molar-refractivity contribution is -0.165. The van der Waals surface area contributed by atoms with Crippen molar-refractivity contribution in [2.45, 2.75) is 72.8 Å². The number of rotatable bonds is 7. The minimum absolute atomic E-state index is 0.00694. The van der Waals surface area contributed by atoms with E-state index in [1.165, 1.54) is 0 Å². The molecule has 2 nitrogen and oxygen atoms in total. The lowest BCUT2D eigenvalue weighted by Gasteiger charge is -2.30. The maximum atomic E-state index is 11.9. The van der Waals surface area contributed by atoms with Gasteiger partial charge in [-0.25, -0.2) is 0 Å². The summed E-state index contributed by atoms with van der Waals surface area (Å²) in [5, 5.41) is 0. The monoisotopic (exact) mass is 228 g/mol. The van der Waals surface area contributed by atoms with E-state index in [1.54, 1.807) is 0 Å². The number of hydrogen-bond donors (Lipinski definition) is 0. The summed E-state index contributed by atoms with van der Waals surface area (Å²) in [7, 11) is 0. The first-order valence-corrected chi connectivity index (χ1v) is 6.59. The highest BCUT2D eigenvalue weighted by Gasteiger charge is 2.29. The quantitative estimate of drug-likeness (QED) is 0.611. The lowest BCUT2D eigenvalue weighted by Crippen LogP contribution is -2.34. The average molecular weight is 228 g/mol. The Hall–Kier alpha value is -0.530. The van der Waals surface area contributed by atoms with Gasteiger partial charge in [-0.3, -0.25) is 4.79 Å². The van der Waals surface area contributed by atoms with Gasteiger partial charge in [0.15, 0.2) is 0 Å². The number of ether oxygens (including phenoxy) is 1. The summed E-state index contributed by atoms with van der Waals surface area (Å²) in [6.45, 7) is 12.4. The van der Waals surface area contributed by atoms with Crippen LogP contribution in [0, 0.1) is 11.8 Å². The van der Waals surface area contributed by atoms with Gasteiger partial charge < -0.3 is 4.74 Å². The summed E-state index contributed by atoms with van der Waals surface area (Å²) < 4.78 is 5.67. The third-order valence-electron chi connectivity index (χ3n) is 3.53. The van der Waals surface area contributed by atoms with Crippen LogP contribution in [0.25, 0.3) is 0 Å². The number of carbonyl (C=O) groups excluding carboxylic acids is 1. The maximum Gasteiger partial charge on any atom is 0.309 e. The molecule has 0 bridgehead atoms. The predicted molar refractivity (Wildman–Crippen MR) is 68.3 cm³/mol. The summed E-state index contributed by atoms with van der Waals surface area (Å²) >= 11 is 0. The van der Waals surface area contributed by atoms with Gasteiger partial charge in [-0.05, 0) is 32.1 Å². The third-order valence-corrected chi connectivity index (χ3v) is 3.53. The summed E-state index contributed by atoms with van der Waals surface area (Å²) in [5.41, 5.74) is -0.268. The first kappa shape index (κ1) is 15.5. The highest BCUT2D eigenvalue weighted by atomic mass is 16.6. The van der Waals surface area contributed by atoms with Gasteiger partial charge in [0, 0.05) is 0 Å². The van der Waals surface area contributed by atoms with Crippen molar-refractivity contribution < 1.29 is 9.53 Å². The van der Waals surface area contributed by atoms with Gasteiger partial charge in [0.25, 0.3) is 0 Å². The molecule has 96 valence electrons. The predicted octanol–water partition coefficient (Wildman–Crippen LogP) is 4.18. The normalized spacial score (nSPS) is 16.9. The molecular weight excluding hydrogens is 200 g/mol. The van der Waals surface area contributed by atoms with Crippen molar-refractivity contribution in [2.75, 3.05) is 0 Å². The molecule has 2 atom stereocenters. The van der Waals surface area contributed by atoms with Crippen molar-refractivity contribution in [3.05, 3.63) is 0 Å². The third kappa shape index (κ3) is 5.00. The Balaban J connectivity index is 4.35. The molecule has 0 saturated carbocycles. The van der Waals surface area contributed by atoms with Crippen LogP contribution in [0.3, 0.4) is 0 Å². The van der Waals surface area contributed by atoms with Crippen LogP contribution >= 0.6 is 0 Å². The first-order chi connectivity index (χ1) is 7.36. The van der Waals surface area contributed by atoms with Crippen LogP contribution in [0.4, 0.5) is 0 Å². The van der Waals surface area contributed by atoms with Crippen molar-refractivity contribution in [1.82, 2.24) is 0 Å². The maximum absolute atomic E-state index is 11.9. The Bertz CT molecular complexity index is 211. The lowest BCUT2D eigenvalue weighted by atomic mass is 9.94. The van der Waals surface area contributed by atoms with Gasteiger partial charge in [0.05, 0.1) is 5.92 Å². The van der Waals surface area contributed by atoms with Gasteiger partial charge in [-0.15, -0.1) is 0 Å². The fraction of sp³-hybridized carbons (Fsp3) is 0.929. The van der Waals surface area contributed by atoms with Crippen molar-refractivity contribution in [3.8, 4) is 0 Å². The smallest absolute Gasteiger partial charge is 0.309 e. The molecule has 2 heteroatoms. The second kappa shape index (κ2) is 6.93. The molecule has 0 N–H and O–H groups in total. The highest BCUT2D eigenvalue weighted by molar-refractivity contribution is 5.72. The minimum Gasteiger partial charge on any atom is -0.459 e. The van der Waals surface area contributed by atoms with Crippen LogP contribution in [0.15, 0.2) is 0 Å². The molecule has 0 heterocycles. The van der Waals surface area contributed by atoms with E-state index >= 15 is 0 Å². The molecular formula is C14H28O2. The van der Waals surface area contributed by atoms with Crippen LogP contribution in [-0.2, 0) is 9.53 Å². The molecule has 0 aromatic heterocycles. The molecule has 0 rings (SSSR count). The molecule has 0 aromatic rings. The van der Waals surface area contributed by atoms with E-state index < -0.39 is 0 Å². The number of unbranched alkanes of at least 4 members (excludes halogenated alkanes) is 1. The number of esters is 1.